The van der Waals surface area contributed by atoms with Crippen molar-refractivity contribution in [3.8, 4) is 0 Å². The third kappa shape index (κ3) is 4.62. The Morgan fingerprint density at radius 2 is 2.05 bits per heavy atom. The first-order valence-electron chi connectivity index (χ1n) is 5.89. The molecule has 0 aromatic carbocycles. The maximum absolute atomic E-state index is 11.9. The number of nitrogens with one attached hydrogen (secondary N) is 3. The van der Waals surface area contributed by atoms with E-state index in [1.807, 2.05) is 0 Å². The molecule has 9 heteroatoms. The molecule has 3 N–H and O–H groups in total. The van der Waals surface area contributed by atoms with Crippen LogP contribution < -0.4 is 15.6 Å². The zero-order valence-electron chi connectivity index (χ0n) is 11.1. The number of aromatic amines is 1. The summed E-state index contributed by atoms with van der Waals surface area (Å²) in [5.74, 6) is -0.319. The summed E-state index contributed by atoms with van der Waals surface area (Å²) in [4.78, 5) is 24.4. The molecule has 0 aliphatic carbocycles. The van der Waals surface area contributed by atoms with Gasteiger partial charge in [-0.3, -0.25) is 9.59 Å². The fraction of sp³-hybridized carbons (Fsp3) is 0.455. The summed E-state index contributed by atoms with van der Waals surface area (Å²) in [6, 6.07) is 1.06. The minimum atomic E-state index is -3.77. The number of H-pyrrole nitrogens is 1. The molecule has 0 saturated carbocycles. The van der Waals surface area contributed by atoms with Crippen molar-refractivity contribution < 1.29 is 13.2 Å². The highest BCUT2D eigenvalue weighted by atomic mass is 35.5. The van der Waals surface area contributed by atoms with Crippen molar-refractivity contribution in [3.05, 3.63) is 27.6 Å². The number of rotatable bonds is 6. The third-order valence-electron chi connectivity index (χ3n) is 2.38. The zero-order valence-corrected chi connectivity index (χ0v) is 12.6. The van der Waals surface area contributed by atoms with Crippen LogP contribution in [-0.4, -0.2) is 32.4 Å². The highest BCUT2D eigenvalue weighted by molar-refractivity contribution is 7.89. The molecule has 1 aromatic heterocycles. The summed E-state index contributed by atoms with van der Waals surface area (Å²) in [7, 11) is -3.77. The van der Waals surface area contributed by atoms with Crippen molar-refractivity contribution in [2.24, 2.45) is 5.92 Å². The number of halogens is 1. The zero-order chi connectivity index (χ0) is 15.3. The number of hydrogen-bond donors (Lipinski definition) is 3. The highest BCUT2D eigenvalue weighted by Gasteiger charge is 2.15. The number of pyridine rings is 1. The average Bonchev–Trinajstić information content (AvgIpc) is 2.37. The Hall–Kier alpha value is -1.38. The van der Waals surface area contributed by atoms with Gasteiger partial charge in [0.1, 0.15) is 5.02 Å². The van der Waals surface area contributed by atoms with Gasteiger partial charge in [-0.2, -0.15) is 0 Å². The molecule has 0 atom stereocenters. The maximum atomic E-state index is 11.9. The van der Waals surface area contributed by atoms with Crippen LogP contribution in [-0.2, 0) is 14.8 Å². The monoisotopic (exact) mass is 321 g/mol. The van der Waals surface area contributed by atoms with E-state index < -0.39 is 15.6 Å². The van der Waals surface area contributed by atoms with E-state index in [0.717, 1.165) is 12.3 Å². The average molecular weight is 322 g/mol. The second-order valence-corrected chi connectivity index (χ2v) is 6.53. The van der Waals surface area contributed by atoms with Gasteiger partial charge in [0.25, 0.3) is 5.56 Å². The summed E-state index contributed by atoms with van der Waals surface area (Å²) >= 11 is 5.56. The van der Waals surface area contributed by atoms with E-state index in [-0.39, 0.29) is 34.8 Å². The molecule has 0 fully saturated rings. The second-order valence-electron chi connectivity index (χ2n) is 4.36. The molecule has 0 unspecified atom stereocenters. The Kier molecular flexibility index (Phi) is 5.73. The first-order chi connectivity index (χ1) is 9.24. The van der Waals surface area contributed by atoms with Gasteiger partial charge in [-0.25, -0.2) is 13.1 Å². The van der Waals surface area contributed by atoms with Crippen LogP contribution in [0.25, 0.3) is 0 Å². The van der Waals surface area contributed by atoms with Gasteiger partial charge in [0, 0.05) is 25.2 Å². The Bertz CT molecular complexity index is 639. The number of carbonyl (C=O) groups is 1. The van der Waals surface area contributed by atoms with Crippen molar-refractivity contribution in [2.45, 2.75) is 18.7 Å². The van der Waals surface area contributed by atoms with E-state index in [4.69, 9.17) is 11.6 Å². The molecule has 20 heavy (non-hydrogen) atoms. The van der Waals surface area contributed by atoms with Gasteiger partial charge in [0.2, 0.25) is 15.9 Å². The Labute approximate surface area is 121 Å². The minimum Gasteiger partial charge on any atom is -0.355 e. The van der Waals surface area contributed by atoms with Gasteiger partial charge in [-0.05, 0) is 6.07 Å². The van der Waals surface area contributed by atoms with Crippen molar-refractivity contribution in [1.29, 1.82) is 0 Å². The molecule has 7 nitrogen and oxygen atoms in total. The van der Waals surface area contributed by atoms with Crippen LogP contribution in [0, 0.1) is 5.92 Å². The van der Waals surface area contributed by atoms with Crippen LogP contribution in [0.3, 0.4) is 0 Å². The van der Waals surface area contributed by atoms with E-state index in [2.05, 4.69) is 15.0 Å². The summed E-state index contributed by atoms with van der Waals surface area (Å²) in [5.41, 5.74) is -0.560. The van der Waals surface area contributed by atoms with Crippen molar-refractivity contribution in [2.75, 3.05) is 13.1 Å². The van der Waals surface area contributed by atoms with Crippen LogP contribution in [0.2, 0.25) is 5.02 Å². The molecule has 112 valence electrons. The molecule has 0 spiro atoms. The fourth-order valence-electron chi connectivity index (χ4n) is 1.25. The Morgan fingerprint density at radius 3 is 2.60 bits per heavy atom. The topological polar surface area (TPSA) is 108 Å². The molecule has 1 amide bonds. The molecule has 0 bridgehead atoms. The van der Waals surface area contributed by atoms with Gasteiger partial charge in [-0.1, -0.05) is 25.4 Å². The molecule has 0 aliphatic rings. The van der Waals surface area contributed by atoms with Crippen LogP contribution in [0.15, 0.2) is 22.0 Å². The first kappa shape index (κ1) is 16.7. The lowest BCUT2D eigenvalue weighted by Crippen LogP contribution is -2.36. The lowest BCUT2D eigenvalue weighted by molar-refractivity contribution is -0.123. The number of carbonyl (C=O) groups excluding carboxylic acids is 1. The van der Waals surface area contributed by atoms with E-state index in [1.54, 1.807) is 13.8 Å². The number of aromatic nitrogens is 1. The Balaban J connectivity index is 2.60. The second kappa shape index (κ2) is 6.87. The molecule has 0 aliphatic heterocycles. The molecule has 1 heterocycles. The van der Waals surface area contributed by atoms with Gasteiger partial charge in [0.05, 0.1) is 4.90 Å². The number of sulfonamides is 1. The molecule has 1 aromatic rings. The minimum absolute atomic E-state index is 0.0392. The SMILES string of the molecule is CC(C)C(=O)NCCNS(=O)(=O)c1c[nH]c(=O)c(Cl)c1. The maximum Gasteiger partial charge on any atom is 0.266 e. The summed E-state index contributed by atoms with van der Waals surface area (Å²) in [6.45, 7) is 3.69. The van der Waals surface area contributed by atoms with Gasteiger partial charge in [0.15, 0.2) is 0 Å². The van der Waals surface area contributed by atoms with E-state index in [9.17, 15) is 18.0 Å². The Morgan fingerprint density at radius 1 is 1.40 bits per heavy atom. The van der Waals surface area contributed by atoms with E-state index >= 15 is 0 Å². The molecule has 0 saturated heterocycles. The summed E-state index contributed by atoms with van der Waals surface area (Å²) in [5, 5.41) is 2.37. The largest absolute Gasteiger partial charge is 0.355 e. The first-order valence-corrected chi connectivity index (χ1v) is 7.76. The van der Waals surface area contributed by atoms with Crippen molar-refractivity contribution >= 4 is 27.5 Å². The summed E-state index contributed by atoms with van der Waals surface area (Å²) in [6.07, 6.45) is 1.06. The third-order valence-corrected chi connectivity index (χ3v) is 4.10. The van der Waals surface area contributed by atoms with Crippen LogP contribution in [0.4, 0.5) is 0 Å². The van der Waals surface area contributed by atoms with E-state index in [0.29, 0.717) is 0 Å². The van der Waals surface area contributed by atoms with Crippen LogP contribution >= 0.6 is 11.6 Å². The smallest absolute Gasteiger partial charge is 0.266 e. The quantitative estimate of drug-likeness (QED) is 0.645. The van der Waals surface area contributed by atoms with Crippen molar-refractivity contribution in [1.82, 2.24) is 15.0 Å². The van der Waals surface area contributed by atoms with Crippen LogP contribution in [0.5, 0.6) is 0 Å². The predicted octanol–water partition coefficient (Wildman–Crippen LogP) is 0.0788. The van der Waals surface area contributed by atoms with Crippen molar-refractivity contribution in [3.63, 3.8) is 0 Å². The normalized spacial score (nSPS) is 11.6. The molecular formula is C11H16ClN3O4S. The van der Waals surface area contributed by atoms with Crippen LogP contribution in [0.1, 0.15) is 13.8 Å². The molecular weight excluding hydrogens is 306 g/mol. The predicted molar refractivity (Wildman–Crippen MR) is 75.1 cm³/mol. The van der Waals surface area contributed by atoms with Gasteiger partial charge in [-0.15, -0.1) is 0 Å². The summed E-state index contributed by atoms with van der Waals surface area (Å²) < 4.78 is 26.0. The standard InChI is InChI=1S/C11H16ClN3O4S/c1-7(2)10(16)13-3-4-15-20(18,19)8-5-9(12)11(17)14-6-8/h5-7,15H,3-4H2,1-2H3,(H,13,16)(H,14,17). The lowest BCUT2D eigenvalue weighted by Gasteiger charge is -2.09. The van der Waals surface area contributed by atoms with Gasteiger partial charge < -0.3 is 10.3 Å². The fourth-order valence-corrected chi connectivity index (χ4v) is 2.51. The van der Waals surface area contributed by atoms with E-state index in [1.165, 1.54) is 0 Å². The number of hydrogen-bond acceptors (Lipinski definition) is 4. The molecule has 1 rings (SSSR count). The van der Waals surface area contributed by atoms with Gasteiger partial charge >= 0.3 is 0 Å². The molecule has 0 radical (unpaired) electrons. The lowest BCUT2D eigenvalue weighted by atomic mass is 10.2. The number of amides is 1. The highest BCUT2D eigenvalue weighted by Crippen LogP contribution is 2.09.